The van der Waals surface area contributed by atoms with Crippen molar-refractivity contribution in [1.82, 2.24) is 0 Å². The van der Waals surface area contributed by atoms with Crippen LogP contribution in [0.15, 0.2) is 85.6 Å². The van der Waals surface area contributed by atoms with Crippen LogP contribution in [0.3, 0.4) is 0 Å². The Labute approximate surface area is 176 Å². The Morgan fingerprint density at radius 2 is 1.27 bits per heavy atom. The van der Waals surface area contributed by atoms with Gasteiger partial charge in [0.1, 0.15) is 11.5 Å². The third-order valence-corrected chi connectivity index (χ3v) is 5.06. The van der Waals surface area contributed by atoms with Crippen molar-refractivity contribution < 1.29 is 14.3 Å². The Hall–Kier alpha value is -3.59. The fourth-order valence-electron chi connectivity index (χ4n) is 3.54. The Morgan fingerprint density at radius 3 is 1.80 bits per heavy atom. The zero-order valence-corrected chi connectivity index (χ0v) is 17.4. The average Bonchev–Trinajstić information content (AvgIpc) is 2.73. The van der Waals surface area contributed by atoms with E-state index in [1.165, 1.54) is 6.26 Å². The third-order valence-electron chi connectivity index (χ3n) is 5.06. The Kier molecular flexibility index (Phi) is 5.04. The van der Waals surface area contributed by atoms with Gasteiger partial charge in [-0.1, -0.05) is 67.2 Å². The van der Waals surface area contributed by atoms with Crippen LogP contribution in [0.4, 0.5) is 0 Å². The highest BCUT2D eigenvalue weighted by Gasteiger charge is 2.26. The molecule has 0 radical (unpaired) electrons. The maximum Gasteiger partial charge on any atom is 0.316 e. The number of hydrogen-bond donors (Lipinski definition) is 0. The van der Waals surface area contributed by atoms with Crippen molar-refractivity contribution >= 4 is 27.5 Å². The lowest BCUT2D eigenvalue weighted by Gasteiger charge is -2.21. The highest BCUT2D eigenvalue weighted by molar-refractivity contribution is 6.10. The molecule has 4 rings (SSSR count). The minimum absolute atomic E-state index is 0.287. The summed E-state index contributed by atoms with van der Waals surface area (Å²) in [5.74, 6) is 0.887. The summed E-state index contributed by atoms with van der Waals surface area (Å²) >= 11 is 0. The van der Waals surface area contributed by atoms with Gasteiger partial charge in [0.05, 0.1) is 11.7 Å². The second kappa shape index (κ2) is 7.68. The molecule has 0 aromatic heterocycles. The molecule has 0 fully saturated rings. The number of fused-ring (bicyclic) bond motifs is 2. The number of carbonyl (C=O) groups excluding carboxylic acids is 1. The first kappa shape index (κ1) is 19.7. The lowest BCUT2D eigenvalue weighted by Crippen LogP contribution is -2.25. The number of esters is 1. The van der Waals surface area contributed by atoms with Gasteiger partial charge in [-0.05, 0) is 54.4 Å². The average molecular weight is 396 g/mol. The summed E-state index contributed by atoms with van der Waals surface area (Å²) in [5.41, 5.74) is 1.09. The molecule has 0 atom stereocenters. The summed E-state index contributed by atoms with van der Waals surface area (Å²) < 4.78 is 11.7. The fourth-order valence-corrected chi connectivity index (χ4v) is 3.54. The van der Waals surface area contributed by atoms with E-state index in [-0.39, 0.29) is 5.97 Å². The standard InChI is InChI=1S/C27H24O3/c1-5-29-22-16-14-18-10-6-8-12-20(18)24(22)25-21-13-9-7-11-19(21)15-17-23(25)30-26(28)27(2,3)4/h5-17H,1H2,2-4H3. The molecule has 3 heteroatoms. The van der Waals surface area contributed by atoms with Gasteiger partial charge in [-0.25, -0.2) is 0 Å². The second-order valence-corrected chi connectivity index (χ2v) is 8.24. The van der Waals surface area contributed by atoms with E-state index in [9.17, 15) is 4.79 Å². The number of rotatable bonds is 4. The maximum atomic E-state index is 12.8. The van der Waals surface area contributed by atoms with Gasteiger partial charge in [-0.2, -0.15) is 0 Å². The van der Waals surface area contributed by atoms with Gasteiger partial charge in [0, 0.05) is 11.1 Å². The molecule has 0 spiro atoms. The van der Waals surface area contributed by atoms with E-state index < -0.39 is 5.41 Å². The maximum absolute atomic E-state index is 12.8. The van der Waals surface area contributed by atoms with Gasteiger partial charge in [-0.3, -0.25) is 4.79 Å². The van der Waals surface area contributed by atoms with Crippen molar-refractivity contribution in [2.45, 2.75) is 20.8 Å². The summed E-state index contributed by atoms with van der Waals surface area (Å²) in [6.07, 6.45) is 1.42. The summed E-state index contributed by atoms with van der Waals surface area (Å²) in [7, 11) is 0. The molecule has 0 aliphatic rings. The first-order valence-electron chi connectivity index (χ1n) is 9.94. The van der Waals surface area contributed by atoms with Gasteiger partial charge >= 0.3 is 5.97 Å². The van der Waals surface area contributed by atoms with Gasteiger partial charge in [-0.15, -0.1) is 0 Å². The van der Waals surface area contributed by atoms with Gasteiger partial charge in [0.2, 0.25) is 0 Å². The number of carbonyl (C=O) groups is 1. The second-order valence-electron chi connectivity index (χ2n) is 8.24. The van der Waals surface area contributed by atoms with Crippen LogP contribution in [0.2, 0.25) is 0 Å². The molecule has 30 heavy (non-hydrogen) atoms. The van der Waals surface area contributed by atoms with E-state index >= 15 is 0 Å². The molecule has 0 saturated heterocycles. The van der Waals surface area contributed by atoms with Crippen molar-refractivity contribution in [1.29, 1.82) is 0 Å². The summed E-state index contributed by atoms with van der Waals surface area (Å²) in [5, 5.41) is 4.13. The topological polar surface area (TPSA) is 35.5 Å². The molecular formula is C27H24O3. The highest BCUT2D eigenvalue weighted by Crippen LogP contribution is 2.45. The lowest BCUT2D eigenvalue weighted by molar-refractivity contribution is -0.142. The largest absolute Gasteiger partial charge is 0.465 e. The first-order chi connectivity index (χ1) is 14.4. The predicted molar refractivity (Wildman–Crippen MR) is 123 cm³/mol. The summed E-state index contributed by atoms with van der Waals surface area (Å²) in [6.45, 7) is 9.27. The monoisotopic (exact) mass is 396 g/mol. The minimum Gasteiger partial charge on any atom is -0.465 e. The molecule has 3 nitrogen and oxygen atoms in total. The number of benzene rings is 4. The first-order valence-corrected chi connectivity index (χ1v) is 9.94. The molecule has 4 aromatic rings. The van der Waals surface area contributed by atoms with Crippen molar-refractivity contribution in [3.05, 3.63) is 85.6 Å². The van der Waals surface area contributed by atoms with Crippen LogP contribution >= 0.6 is 0 Å². The quantitative estimate of drug-likeness (QED) is 0.209. The van der Waals surface area contributed by atoms with Crippen LogP contribution in [0, 0.1) is 5.41 Å². The molecular weight excluding hydrogens is 372 g/mol. The zero-order chi connectivity index (χ0) is 21.3. The smallest absolute Gasteiger partial charge is 0.316 e. The molecule has 0 unspecified atom stereocenters. The van der Waals surface area contributed by atoms with E-state index in [1.807, 2.05) is 81.4 Å². The number of hydrogen-bond acceptors (Lipinski definition) is 3. The normalized spacial score (nSPS) is 11.4. The minimum atomic E-state index is -0.623. The van der Waals surface area contributed by atoms with Crippen molar-refractivity contribution in [2.24, 2.45) is 5.41 Å². The SMILES string of the molecule is C=COc1ccc2ccccc2c1-c1c(OC(=O)C(C)(C)C)ccc2ccccc12. The third kappa shape index (κ3) is 3.55. The Morgan fingerprint density at radius 1 is 0.767 bits per heavy atom. The van der Waals surface area contributed by atoms with Gasteiger partial charge in [0.15, 0.2) is 0 Å². The Bertz CT molecular complexity index is 1260. The molecule has 0 aliphatic carbocycles. The van der Waals surface area contributed by atoms with E-state index in [4.69, 9.17) is 9.47 Å². The van der Waals surface area contributed by atoms with E-state index in [1.54, 1.807) is 0 Å². The van der Waals surface area contributed by atoms with Crippen LogP contribution in [0.5, 0.6) is 11.5 Å². The van der Waals surface area contributed by atoms with Crippen LogP contribution in [0.1, 0.15) is 20.8 Å². The van der Waals surface area contributed by atoms with Crippen LogP contribution in [-0.4, -0.2) is 5.97 Å². The van der Waals surface area contributed by atoms with Crippen LogP contribution in [-0.2, 0) is 4.79 Å². The lowest BCUT2D eigenvalue weighted by atomic mass is 9.92. The van der Waals surface area contributed by atoms with E-state index in [2.05, 4.69) is 18.7 Å². The molecule has 0 bridgehead atoms. The van der Waals surface area contributed by atoms with Crippen molar-refractivity contribution in [3.63, 3.8) is 0 Å². The molecule has 0 aliphatic heterocycles. The summed E-state index contributed by atoms with van der Waals surface area (Å²) in [6, 6.07) is 24.0. The van der Waals surface area contributed by atoms with Gasteiger partial charge in [0.25, 0.3) is 0 Å². The Balaban J connectivity index is 2.09. The molecule has 150 valence electrons. The highest BCUT2D eigenvalue weighted by atomic mass is 16.5. The van der Waals surface area contributed by atoms with Gasteiger partial charge < -0.3 is 9.47 Å². The van der Waals surface area contributed by atoms with Crippen LogP contribution < -0.4 is 9.47 Å². The van der Waals surface area contributed by atoms with E-state index in [0.29, 0.717) is 11.5 Å². The zero-order valence-electron chi connectivity index (χ0n) is 17.4. The van der Waals surface area contributed by atoms with Crippen LogP contribution in [0.25, 0.3) is 32.7 Å². The molecule has 0 amide bonds. The molecule has 0 N–H and O–H groups in total. The number of ether oxygens (including phenoxy) is 2. The van der Waals surface area contributed by atoms with Crippen molar-refractivity contribution in [2.75, 3.05) is 0 Å². The molecule has 0 heterocycles. The molecule has 4 aromatic carbocycles. The van der Waals surface area contributed by atoms with E-state index in [0.717, 1.165) is 32.7 Å². The molecule has 0 saturated carbocycles. The fraction of sp³-hybridized carbons (Fsp3) is 0.148. The summed E-state index contributed by atoms with van der Waals surface area (Å²) in [4.78, 5) is 12.8. The predicted octanol–water partition coefficient (Wildman–Crippen LogP) is 7.13. The van der Waals surface area contributed by atoms with Crippen molar-refractivity contribution in [3.8, 4) is 22.6 Å².